The molecule has 0 spiro atoms. The molecule has 6 nitrogen and oxygen atoms in total. The van der Waals surface area contributed by atoms with Gasteiger partial charge in [0.2, 0.25) is 5.91 Å². The van der Waals surface area contributed by atoms with Gasteiger partial charge in [-0.05, 0) is 18.2 Å². The van der Waals surface area contributed by atoms with Crippen molar-refractivity contribution in [1.82, 2.24) is 5.32 Å². The lowest BCUT2D eigenvalue weighted by Crippen LogP contribution is -2.33. The average molecular weight is 274 g/mol. The van der Waals surface area contributed by atoms with Crippen LogP contribution in [0, 0.1) is 0 Å². The molecule has 1 aromatic carbocycles. The Labute approximate surface area is 107 Å². The zero-order chi connectivity index (χ0) is 14.4. The minimum Gasteiger partial charge on any atom is -0.493 e. The van der Waals surface area contributed by atoms with E-state index >= 15 is 0 Å². The molecule has 0 fully saturated rings. The summed E-state index contributed by atoms with van der Waals surface area (Å²) < 4.78 is 33.2. The molecule has 19 heavy (non-hydrogen) atoms. The van der Waals surface area contributed by atoms with Crippen LogP contribution in [0.3, 0.4) is 0 Å². The minimum absolute atomic E-state index is 0.0213. The molecule has 1 aromatic rings. The van der Waals surface area contributed by atoms with Gasteiger partial charge < -0.3 is 20.5 Å². The van der Waals surface area contributed by atoms with Crippen molar-refractivity contribution in [2.75, 3.05) is 13.7 Å². The van der Waals surface area contributed by atoms with Crippen LogP contribution in [0.25, 0.3) is 0 Å². The molecule has 0 heterocycles. The first kappa shape index (κ1) is 14.7. The summed E-state index contributed by atoms with van der Waals surface area (Å²) in [6.45, 7) is -3.32. The molecule has 2 amide bonds. The van der Waals surface area contributed by atoms with Crippen LogP contribution in [0.15, 0.2) is 18.2 Å². The maximum Gasteiger partial charge on any atom is 0.387 e. The number of alkyl halides is 2. The predicted molar refractivity (Wildman–Crippen MR) is 61.2 cm³/mol. The molecular weight excluding hydrogens is 262 g/mol. The molecular formula is C11H12F2N2O4. The molecule has 104 valence electrons. The number of hydrogen-bond donors (Lipinski definition) is 2. The molecule has 0 saturated carbocycles. The van der Waals surface area contributed by atoms with Crippen LogP contribution in [0.5, 0.6) is 11.5 Å². The third-order valence-electron chi connectivity index (χ3n) is 2.07. The minimum atomic E-state index is -3.00. The van der Waals surface area contributed by atoms with E-state index in [4.69, 9.17) is 10.5 Å². The smallest absolute Gasteiger partial charge is 0.387 e. The Balaban J connectivity index is 2.86. The van der Waals surface area contributed by atoms with Crippen molar-refractivity contribution in [3.8, 4) is 11.5 Å². The van der Waals surface area contributed by atoms with E-state index < -0.39 is 18.4 Å². The van der Waals surface area contributed by atoms with E-state index in [1.54, 1.807) is 0 Å². The Morgan fingerprint density at radius 3 is 2.58 bits per heavy atom. The molecule has 8 heteroatoms. The molecule has 0 saturated heterocycles. The summed E-state index contributed by atoms with van der Waals surface area (Å²) in [4.78, 5) is 22.1. The zero-order valence-electron chi connectivity index (χ0n) is 9.98. The van der Waals surface area contributed by atoms with Gasteiger partial charge in [0.15, 0.2) is 11.5 Å². The van der Waals surface area contributed by atoms with Crippen LogP contribution in [0.4, 0.5) is 8.78 Å². The number of primary amides is 1. The van der Waals surface area contributed by atoms with Gasteiger partial charge in [-0.2, -0.15) is 8.78 Å². The van der Waals surface area contributed by atoms with Crippen molar-refractivity contribution in [2.24, 2.45) is 5.73 Å². The highest BCUT2D eigenvalue weighted by Gasteiger charge is 2.14. The summed E-state index contributed by atoms with van der Waals surface area (Å²) in [6.07, 6.45) is 0. The molecule has 3 N–H and O–H groups in total. The number of nitrogens with two attached hydrogens (primary N) is 1. The normalized spacial score (nSPS) is 10.1. The molecule has 0 radical (unpaired) electrons. The number of nitrogens with one attached hydrogen (secondary N) is 1. The van der Waals surface area contributed by atoms with Crippen molar-refractivity contribution in [3.63, 3.8) is 0 Å². The van der Waals surface area contributed by atoms with Gasteiger partial charge in [0.1, 0.15) is 0 Å². The SMILES string of the molecule is COc1cc(C(=O)NCC(N)=O)ccc1OC(F)F. The van der Waals surface area contributed by atoms with Crippen molar-refractivity contribution < 1.29 is 27.8 Å². The summed E-state index contributed by atoms with van der Waals surface area (Å²) in [7, 11) is 1.25. The van der Waals surface area contributed by atoms with Crippen LogP contribution in [0.1, 0.15) is 10.4 Å². The van der Waals surface area contributed by atoms with Crippen LogP contribution < -0.4 is 20.5 Å². The van der Waals surface area contributed by atoms with Crippen LogP contribution in [-0.2, 0) is 4.79 Å². The van der Waals surface area contributed by atoms with Gasteiger partial charge >= 0.3 is 6.61 Å². The van der Waals surface area contributed by atoms with Gasteiger partial charge in [-0.25, -0.2) is 0 Å². The number of ether oxygens (including phenoxy) is 2. The van der Waals surface area contributed by atoms with Crippen LogP contribution in [0.2, 0.25) is 0 Å². The second-order valence-corrected chi connectivity index (χ2v) is 3.39. The van der Waals surface area contributed by atoms with E-state index in [1.165, 1.54) is 25.3 Å². The van der Waals surface area contributed by atoms with E-state index in [0.717, 1.165) is 0 Å². The molecule has 0 aromatic heterocycles. The number of benzene rings is 1. The quantitative estimate of drug-likeness (QED) is 0.790. The first-order chi connectivity index (χ1) is 8.93. The topological polar surface area (TPSA) is 90.6 Å². The number of carbonyl (C=O) groups excluding carboxylic acids is 2. The van der Waals surface area contributed by atoms with Crippen molar-refractivity contribution >= 4 is 11.8 Å². The van der Waals surface area contributed by atoms with E-state index in [9.17, 15) is 18.4 Å². The van der Waals surface area contributed by atoms with E-state index in [2.05, 4.69) is 10.1 Å². The Bertz CT molecular complexity index is 480. The van der Waals surface area contributed by atoms with Crippen molar-refractivity contribution in [2.45, 2.75) is 6.61 Å². The van der Waals surface area contributed by atoms with Gasteiger partial charge in [-0.15, -0.1) is 0 Å². The molecule has 0 aliphatic heterocycles. The number of halogens is 2. The van der Waals surface area contributed by atoms with E-state index in [0.29, 0.717) is 0 Å². The number of rotatable bonds is 6. The number of carbonyl (C=O) groups is 2. The summed E-state index contributed by atoms with van der Waals surface area (Å²) in [5, 5.41) is 2.25. The fraction of sp³-hybridized carbons (Fsp3) is 0.273. The largest absolute Gasteiger partial charge is 0.493 e. The number of methoxy groups -OCH3 is 1. The van der Waals surface area contributed by atoms with Gasteiger partial charge in [-0.1, -0.05) is 0 Å². The fourth-order valence-electron chi connectivity index (χ4n) is 1.27. The van der Waals surface area contributed by atoms with E-state index in [1.807, 2.05) is 0 Å². The van der Waals surface area contributed by atoms with Crippen LogP contribution in [-0.4, -0.2) is 32.1 Å². The molecule has 0 bridgehead atoms. The van der Waals surface area contributed by atoms with Crippen molar-refractivity contribution in [3.05, 3.63) is 23.8 Å². The second kappa shape index (κ2) is 6.53. The highest BCUT2D eigenvalue weighted by molar-refractivity contribution is 5.96. The molecule has 0 unspecified atom stereocenters. The van der Waals surface area contributed by atoms with Gasteiger partial charge in [0.05, 0.1) is 13.7 Å². The first-order valence-electron chi connectivity index (χ1n) is 5.13. The summed E-state index contributed by atoms with van der Waals surface area (Å²) in [6, 6.07) is 3.65. The number of hydrogen-bond acceptors (Lipinski definition) is 4. The lowest BCUT2D eigenvalue weighted by Gasteiger charge is -2.11. The monoisotopic (exact) mass is 274 g/mol. The Hall–Kier alpha value is -2.38. The van der Waals surface area contributed by atoms with Crippen LogP contribution >= 0.6 is 0 Å². The highest BCUT2D eigenvalue weighted by atomic mass is 19.3. The standard InChI is InChI=1S/C11H12F2N2O4/c1-18-8-4-6(10(17)15-5-9(14)16)2-3-7(8)19-11(12)13/h2-4,11H,5H2,1H3,(H2,14,16)(H,15,17). The Kier molecular flexibility index (Phi) is 5.04. The average Bonchev–Trinajstić information content (AvgIpc) is 2.35. The molecule has 0 aliphatic carbocycles. The van der Waals surface area contributed by atoms with Crippen molar-refractivity contribution in [1.29, 1.82) is 0 Å². The maximum absolute atomic E-state index is 12.1. The lowest BCUT2D eigenvalue weighted by molar-refractivity contribution is -0.117. The molecule has 0 atom stereocenters. The molecule has 0 aliphatic rings. The Morgan fingerprint density at radius 1 is 1.37 bits per heavy atom. The summed E-state index contributed by atoms with van der Waals surface area (Å²) >= 11 is 0. The van der Waals surface area contributed by atoms with Gasteiger partial charge in [0, 0.05) is 5.56 Å². The van der Waals surface area contributed by atoms with Gasteiger partial charge in [-0.3, -0.25) is 9.59 Å². The fourth-order valence-corrected chi connectivity index (χ4v) is 1.27. The number of amides is 2. The third kappa shape index (κ3) is 4.41. The van der Waals surface area contributed by atoms with E-state index in [-0.39, 0.29) is 23.6 Å². The highest BCUT2D eigenvalue weighted by Crippen LogP contribution is 2.29. The third-order valence-corrected chi connectivity index (χ3v) is 2.07. The molecule has 1 rings (SSSR count). The first-order valence-corrected chi connectivity index (χ1v) is 5.13. The van der Waals surface area contributed by atoms with Gasteiger partial charge in [0.25, 0.3) is 5.91 Å². The zero-order valence-corrected chi connectivity index (χ0v) is 9.98. The predicted octanol–water partition coefficient (Wildman–Crippen LogP) is 0.512. The maximum atomic E-state index is 12.1. The Morgan fingerprint density at radius 2 is 2.05 bits per heavy atom. The lowest BCUT2D eigenvalue weighted by atomic mass is 10.2. The second-order valence-electron chi connectivity index (χ2n) is 3.39. The summed E-state index contributed by atoms with van der Waals surface area (Å²) in [5.74, 6) is -1.49. The summed E-state index contributed by atoms with van der Waals surface area (Å²) in [5.41, 5.74) is 5.00.